The number of hydrogen-bond donors (Lipinski definition) is 2. The number of fused-ring (bicyclic) bond motifs is 1. The molecule has 2 N–H and O–H groups in total. The molecule has 0 unspecified atom stereocenters. The summed E-state index contributed by atoms with van der Waals surface area (Å²) in [5.74, 6) is -0.184. The number of amides is 1. The first-order valence-corrected chi connectivity index (χ1v) is 11.3. The van der Waals surface area contributed by atoms with Gasteiger partial charge in [-0.2, -0.15) is 0 Å². The first-order chi connectivity index (χ1) is 14.5. The van der Waals surface area contributed by atoms with E-state index in [1.807, 2.05) is 0 Å². The van der Waals surface area contributed by atoms with Gasteiger partial charge in [0, 0.05) is 31.2 Å². The Hall–Kier alpha value is -2.41. The molecule has 0 spiro atoms. The lowest BCUT2D eigenvalue weighted by Gasteiger charge is -2.33. The van der Waals surface area contributed by atoms with Crippen LogP contribution < -0.4 is 16.6 Å². The fourth-order valence-corrected chi connectivity index (χ4v) is 4.19. The highest BCUT2D eigenvalue weighted by Gasteiger charge is 2.17. The normalized spacial score (nSPS) is 17.3. The van der Waals surface area contributed by atoms with Crippen LogP contribution in [0.2, 0.25) is 0 Å². The Kier molecular flexibility index (Phi) is 7.85. The van der Waals surface area contributed by atoms with Crippen LogP contribution in [0.25, 0.3) is 10.9 Å². The maximum Gasteiger partial charge on any atom is 0.328 e. The largest absolute Gasteiger partial charge is 0.352 e. The molecule has 0 bridgehead atoms. The van der Waals surface area contributed by atoms with E-state index < -0.39 is 5.69 Å². The summed E-state index contributed by atoms with van der Waals surface area (Å²) in [4.78, 5) is 42.7. The number of carbonyl (C=O) groups is 1. The number of benzene rings is 1. The molecule has 2 aromatic rings. The van der Waals surface area contributed by atoms with Gasteiger partial charge in [-0.1, -0.05) is 26.2 Å². The van der Waals surface area contributed by atoms with Crippen LogP contribution >= 0.6 is 0 Å². The fraction of sp³-hybridized carbons (Fsp3) is 0.609. The molecule has 164 valence electrons. The predicted molar refractivity (Wildman–Crippen MR) is 120 cm³/mol. The molecule has 1 aromatic carbocycles. The molecular weight excluding hydrogens is 380 g/mol. The number of rotatable bonds is 9. The highest BCUT2D eigenvalue weighted by atomic mass is 16.2. The van der Waals surface area contributed by atoms with E-state index in [9.17, 15) is 14.4 Å². The van der Waals surface area contributed by atoms with Gasteiger partial charge in [0.15, 0.2) is 0 Å². The Morgan fingerprint density at radius 1 is 1.17 bits per heavy atom. The second-order valence-electron chi connectivity index (χ2n) is 8.34. The number of piperidine rings is 1. The van der Waals surface area contributed by atoms with Crippen LogP contribution in [-0.4, -0.2) is 46.0 Å². The summed E-state index contributed by atoms with van der Waals surface area (Å²) in [6.07, 6.45) is 7.51. The number of H-pyrrole nitrogens is 1. The van der Waals surface area contributed by atoms with Crippen molar-refractivity contribution in [2.45, 2.75) is 71.4 Å². The van der Waals surface area contributed by atoms with Crippen molar-refractivity contribution in [1.82, 2.24) is 19.8 Å². The van der Waals surface area contributed by atoms with Gasteiger partial charge in [-0.05, 0) is 57.4 Å². The van der Waals surface area contributed by atoms with Gasteiger partial charge in [-0.3, -0.25) is 14.2 Å². The van der Waals surface area contributed by atoms with E-state index in [0.29, 0.717) is 35.6 Å². The van der Waals surface area contributed by atoms with Crippen LogP contribution in [-0.2, 0) is 6.54 Å². The molecule has 7 nitrogen and oxygen atoms in total. The molecule has 30 heavy (non-hydrogen) atoms. The monoisotopic (exact) mass is 414 g/mol. The predicted octanol–water partition coefficient (Wildman–Crippen LogP) is 2.87. The first-order valence-electron chi connectivity index (χ1n) is 11.3. The number of hydrogen-bond acceptors (Lipinski definition) is 4. The van der Waals surface area contributed by atoms with Crippen molar-refractivity contribution in [1.29, 1.82) is 0 Å². The molecule has 1 aliphatic rings. The molecule has 2 heterocycles. The minimum Gasteiger partial charge on any atom is -0.352 e. The van der Waals surface area contributed by atoms with Crippen molar-refractivity contribution < 1.29 is 4.79 Å². The van der Waals surface area contributed by atoms with Gasteiger partial charge >= 0.3 is 5.69 Å². The molecule has 1 atom stereocenters. The Morgan fingerprint density at radius 2 is 2.00 bits per heavy atom. The average molecular weight is 415 g/mol. The number of carbonyl (C=O) groups excluding carboxylic acids is 1. The minimum absolute atomic E-state index is 0.184. The topological polar surface area (TPSA) is 87.2 Å². The van der Waals surface area contributed by atoms with Crippen molar-refractivity contribution in [3.8, 4) is 0 Å². The van der Waals surface area contributed by atoms with Crippen LogP contribution in [0.1, 0.15) is 69.2 Å². The van der Waals surface area contributed by atoms with Crippen molar-refractivity contribution >= 4 is 16.8 Å². The molecular formula is C23H34N4O3. The van der Waals surface area contributed by atoms with E-state index in [-0.39, 0.29) is 11.5 Å². The Morgan fingerprint density at radius 3 is 2.77 bits per heavy atom. The Bertz CT molecular complexity index is 979. The maximum atomic E-state index is 12.7. The molecule has 3 rings (SSSR count). The molecule has 1 saturated heterocycles. The third-order valence-corrected chi connectivity index (χ3v) is 6.08. The molecule has 0 saturated carbocycles. The smallest absolute Gasteiger partial charge is 0.328 e. The highest BCUT2D eigenvalue weighted by Crippen LogP contribution is 2.16. The van der Waals surface area contributed by atoms with Crippen LogP contribution in [0.4, 0.5) is 0 Å². The highest BCUT2D eigenvalue weighted by molar-refractivity contribution is 5.97. The SMILES string of the molecule is CCCCCn1c(=O)[nH]c2cc(C(=O)NCCCN3CCCC[C@H]3C)ccc2c1=O. The molecule has 0 radical (unpaired) electrons. The molecule has 1 amide bonds. The lowest BCUT2D eigenvalue weighted by molar-refractivity contribution is 0.0949. The average Bonchev–Trinajstić information content (AvgIpc) is 2.74. The van der Waals surface area contributed by atoms with Gasteiger partial charge in [0.2, 0.25) is 0 Å². The van der Waals surface area contributed by atoms with Gasteiger partial charge in [0.05, 0.1) is 10.9 Å². The molecule has 1 aliphatic heterocycles. The van der Waals surface area contributed by atoms with Gasteiger partial charge in [0.25, 0.3) is 11.5 Å². The molecule has 7 heteroatoms. The summed E-state index contributed by atoms with van der Waals surface area (Å²) in [6, 6.07) is 5.50. The van der Waals surface area contributed by atoms with Crippen LogP contribution in [0.5, 0.6) is 0 Å². The summed E-state index contributed by atoms with van der Waals surface area (Å²) in [7, 11) is 0. The van der Waals surface area contributed by atoms with Crippen molar-refractivity contribution in [3.63, 3.8) is 0 Å². The molecule has 0 aliphatic carbocycles. The lowest BCUT2D eigenvalue weighted by Crippen LogP contribution is -2.39. The van der Waals surface area contributed by atoms with Gasteiger partial charge in [-0.15, -0.1) is 0 Å². The van der Waals surface area contributed by atoms with E-state index in [1.165, 1.54) is 23.8 Å². The van der Waals surface area contributed by atoms with Crippen LogP contribution in [0.15, 0.2) is 27.8 Å². The van der Waals surface area contributed by atoms with E-state index in [2.05, 4.69) is 29.0 Å². The van der Waals surface area contributed by atoms with Crippen molar-refractivity contribution in [3.05, 3.63) is 44.6 Å². The third kappa shape index (κ3) is 5.39. The van der Waals surface area contributed by atoms with E-state index >= 15 is 0 Å². The zero-order valence-corrected chi connectivity index (χ0v) is 18.2. The number of unbranched alkanes of at least 4 members (excludes halogenated alkanes) is 2. The summed E-state index contributed by atoms with van der Waals surface area (Å²) >= 11 is 0. The number of aromatic amines is 1. The zero-order chi connectivity index (χ0) is 21.5. The minimum atomic E-state index is -0.420. The summed E-state index contributed by atoms with van der Waals surface area (Å²) in [5.41, 5.74) is 0.142. The lowest BCUT2D eigenvalue weighted by atomic mass is 10.0. The van der Waals surface area contributed by atoms with Gasteiger partial charge < -0.3 is 15.2 Å². The molecule has 1 fully saturated rings. The number of likely N-dealkylation sites (tertiary alicyclic amines) is 1. The summed E-state index contributed by atoms with van der Waals surface area (Å²) in [5, 5.41) is 3.38. The maximum absolute atomic E-state index is 12.7. The van der Waals surface area contributed by atoms with Crippen LogP contribution in [0, 0.1) is 0 Å². The van der Waals surface area contributed by atoms with Crippen molar-refractivity contribution in [2.24, 2.45) is 0 Å². The van der Waals surface area contributed by atoms with Gasteiger partial charge in [-0.25, -0.2) is 4.79 Å². The number of nitrogens with one attached hydrogen (secondary N) is 2. The summed E-state index contributed by atoms with van der Waals surface area (Å²) in [6.45, 7) is 7.50. The Labute approximate surface area is 177 Å². The molecule has 1 aromatic heterocycles. The fourth-order valence-electron chi connectivity index (χ4n) is 4.19. The van der Waals surface area contributed by atoms with Gasteiger partial charge in [0.1, 0.15) is 0 Å². The third-order valence-electron chi connectivity index (χ3n) is 6.08. The Balaban J connectivity index is 1.61. The van der Waals surface area contributed by atoms with E-state index in [4.69, 9.17) is 0 Å². The standard InChI is InChI=1S/C23H34N4O3/c1-3-4-6-15-27-22(29)19-11-10-18(16-20(19)25-23(27)30)21(28)24-12-8-14-26-13-7-5-9-17(26)2/h10-11,16-17H,3-9,12-15H2,1-2H3,(H,24,28)(H,25,30)/t17-/m1/s1. The number of nitrogens with zero attached hydrogens (tertiary/aromatic N) is 2. The van der Waals surface area contributed by atoms with E-state index in [1.54, 1.807) is 18.2 Å². The van der Waals surface area contributed by atoms with Crippen LogP contribution in [0.3, 0.4) is 0 Å². The summed E-state index contributed by atoms with van der Waals surface area (Å²) < 4.78 is 1.25. The second kappa shape index (κ2) is 10.6. The first kappa shape index (κ1) is 22.3. The number of aromatic nitrogens is 2. The zero-order valence-electron chi connectivity index (χ0n) is 18.2. The quantitative estimate of drug-likeness (QED) is 0.618. The van der Waals surface area contributed by atoms with E-state index in [0.717, 1.165) is 38.8 Å². The van der Waals surface area contributed by atoms with Crippen molar-refractivity contribution in [2.75, 3.05) is 19.6 Å². The second-order valence-corrected chi connectivity index (χ2v) is 8.34.